The monoisotopic (exact) mass is 310 g/mol. The summed E-state index contributed by atoms with van der Waals surface area (Å²) >= 11 is 0. The van der Waals surface area contributed by atoms with Crippen molar-refractivity contribution in [2.45, 2.75) is 4.90 Å². The quantitative estimate of drug-likeness (QED) is 0.388. The molecule has 10 heteroatoms. The zero-order valence-corrected chi connectivity index (χ0v) is 11.5. The van der Waals surface area contributed by atoms with E-state index in [1.54, 1.807) is 0 Å². The molecule has 0 aliphatic carbocycles. The lowest BCUT2D eigenvalue weighted by Crippen LogP contribution is -2.00. The fourth-order valence-electron chi connectivity index (χ4n) is 1.94. The van der Waals surface area contributed by atoms with Crippen molar-refractivity contribution in [3.8, 4) is 5.75 Å². The summed E-state index contributed by atoms with van der Waals surface area (Å²) in [5, 5.41) is 21.0. The molecular weight excluding hydrogens is 298 g/mol. The van der Waals surface area contributed by atoms with Gasteiger partial charge in [0.1, 0.15) is 16.3 Å². The van der Waals surface area contributed by atoms with Gasteiger partial charge in [0, 0.05) is 7.05 Å². The number of nitrogen functional groups attached to an aromatic ring is 1. The Hall–Kier alpha value is -2.59. The number of fused-ring (bicyclic) bond motifs is 1. The summed E-state index contributed by atoms with van der Waals surface area (Å²) in [5.74, 6) is -0.574. The molecule has 0 aliphatic heterocycles. The Balaban J connectivity index is 3.00. The summed E-state index contributed by atoms with van der Waals surface area (Å²) in [4.78, 5) is -0.600. The normalized spacial score (nSPS) is 13.3. The minimum absolute atomic E-state index is 0.0135. The molecule has 5 N–H and O–H groups in total. The van der Waals surface area contributed by atoms with Crippen molar-refractivity contribution in [3.05, 3.63) is 18.2 Å². The predicted octanol–water partition coefficient (Wildman–Crippen LogP) is 2.75. The molecule has 0 radical (unpaired) electrons. The first-order valence-electron chi connectivity index (χ1n) is 5.96. The van der Waals surface area contributed by atoms with Crippen LogP contribution in [0.2, 0.25) is 1.41 Å². The van der Waals surface area contributed by atoms with Gasteiger partial charge in [0.15, 0.2) is 5.75 Å². The van der Waals surface area contributed by atoms with Crippen LogP contribution in [0.15, 0.2) is 38.4 Å². The number of nitrogens with two attached hydrogens (primary N) is 1. The fourth-order valence-corrected chi connectivity index (χ4v) is 2.59. The smallest absolute Gasteiger partial charge is 0.296 e. The molecule has 0 heterocycles. The molecule has 110 valence electrons. The van der Waals surface area contributed by atoms with E-state index in [0.29, 0.717) is 0 Å². The summed E-state index contributed by atoms with van der Waals surface area (Å²) in [6.45, 7) is 0. The third-order valence-electron chi connectivity index (χ3n) is 2.82. The van der Waals surface area contributed by atoms with Gasteiger partial charge in [-0.3, -0.25) is 4.55 Å². The summed E-state index contributed by atoms with van der Waals surface area (Å²) in [7, 11) is -3.36. The number of azo groups is 1. The van der Waals surface area contributed by atoms with E-state index in [9.17, 15) is 18.1 Å². The van der Waals surface area contributed by atoms with Crippen molar-refractivity contribution in [2.24, 2.45) is 15.3 Å². The number of anilines is 1. The largest absolute Gasteiger partial charge is 0.505 e. The van der Waals surface area contributed by atoms with E-state index in [4.69, 9.17) is 7.15 Å². The highest BCUT2D eigenvalue weighted by atomic mass is 32.2. The van der Waals surface area contributed by atoms with Crippen molar-refractivity contribution < 1.29 is 19.5 Å². The summed E-state index contributed by atoms with van der Waals surface area (Å²) < 4.78 is 38.8. The lowest BCUT2D eigenvalue weighted by molar-refractivity contribution is 0.472. The Morgan fingerprint density at radius 1 is 1.43 bits per heavy atom. The zero-order valence-electron chi connectivity index (χ0n) is 11.7. The molecule has 21 heavy (non-hydrogen) atoms. The minimum atomic E-state index is -4.63. The van der Waals surface area contributed by atoms with E-state index in [0.717, 1.165) is 6.07 Å². The first kappa shape index (κ1) is 13.4. The van der Waals surface area contributed by atoms with Crippen molar-refractivity contribution in [3.63, 3.8) is 0 Å². The van der Waals surface area contributed by atoms with Gasteiger partial charge in [-0.1, -0.05) is 6.07 Å². The van der Waals surface area contributed by atoms with Gasteiger partial charge in [0.2, 0.25) is 1.41 Å². The third-order valence-corrected chi connectivity index (χ3v) is 3.69. The minimum Gasteiger partial charge on any atom is -0.505 e. The van der Waals surface area contributed by atoms with Crippen molar-refractivity contribution >= 4 is 38.0 Å². The van der Waals surface area contributed by atoms with Gasteiger partial charge >= 0.3 is 0 Å². The molecule has 0 amide bonds. The number of nitrogens with one attached hydrogen (secondary N) is 1. The van der Waals surface area contributed by atoms with Crippen molar-refractivity contribution in [1.82, 2.24) is 0 Å². The Morgan fingerprint density at radius 2 is 2.14 bits per heavy atom. The number of hydrogen-bond donors (Lipinski definition) is 4. The maximum Gasteiger partial charge on any atom is 0.296 e. The molecule has 0 saturated carbocycles. The SMILES string of the molecule is [2H]N=Nc1ccc2cc(S(=O)(=O)O)c(N=NC)c(O)c2c1N. The number of hydrogen-bond acceptors (Lipinski definition) is 8. The number of benzene rings is 2. The molecule has 0 unspecified atom stereocenters. The van der Waals surface area contributed by atoms with Crippen LogP contribution in [0.5, 0.6) is 5.75 Å². The van der Waals surface area contributed by atoms with Crippen LogP contribution >= 0.6 is 0 Å². The lowest BCUT2D eigenvalue weighted by atomic mass is 10.1. The first-order chi connectivity index (χ1) is 10.3. The van der Waals surface area contributed by atoms with Crippen LogP contribution < -0.4 is 5.73 Å². The molecule has 0 fully saturated rings. The highest BCUT2D eigenvalue weighted by Crippen LogP contribution is 2.45. The number of phenols is 1. The molecule has 9 nitrogen and oxygen atoms in total. The molecule has 2 aromatic rings. The van der Waals surface area contributed by atoms with Gasteiger partial charge in [-0.2, -0.15) is 23.8 Å². The molecule has 0 saturated heterocycles. The average molecular weight is 310 g/mol. The zero-order chi connectivity index (χ0) is 16.5. The number of rotatable bonds is 3. The summed E-state index contributed by atoms with van der Waals surface area (Å²) in [6, 6.07) is 3.91. The van der Waals surface area contributed by atoms with Crippen molar-refractivity contribution in [1.29, 1.82) is 5.52 Å². The van der Waals surface area contributed by atoms with Crippen LogP contribution in [0, 0.1) is 5.52 Å². The molecular formula is C11H11N5O4S. The number of phenolic OH excluding ortho intramolecular Hbond substituents is 1. The Kier molecular flexibility index (Phi) is 3.23. The highest BCUT2D eigenvalue weighted by molar-refractivity contribution is 7.86. The Morgan fingerprint density at radius 3 is 2.71 bits per heavy atom. The molecule has 0 bridgehead atoms. The van der Waals surface area contributed by atoms with E-state index < -0.39 is 26.5 Å². The Bertz CT molecular complexity index is 911. The second kappa shape index (κ2) is 5.07. The van der Waals surface area contributed by atoms with Crippen LogP contribution in [0.3, 0.4) is 0 Å². The predicted molar refractivity (Wildman–Crippen MR) is 75.1 cm³/mol. The average Bonchev–Trinajstić information content (AvgIpc) is 2.43. The van der Waals surface area contributed by atoms with Crippen molar-refractivity contribution in [2.75, 3.05) is 12.8 Å². The van der Waals surface area contributed by atoms with E-state index in [1.165, 1.54) is 19.2 Å². The van der Waals surface area contributed by atoms with E-state index in [2.05, 4.69) is 20.9 Å². The van der Waals surface area contributed by atoms with Gasteiger partial charge in [-0.05, 0) is 17.5 Å². The molecule has 0 atom stereocenters. The van der Waals surface area contributed by atoms with Gasteiger partial charge < -0.3 is 10.8 Å². The van der Waals surface area contributed by atoms with Crippen LogP contribution in [-0.4, -0.2) is 25.1 Å². The number of nitrogens with zero attached hydrogens (tertiary/aromatic N) is 3. The maximum absolute atomic E-state index is 11.4. The van der Waals surface area contributed by atoms with E-state index in [-0.39, 0.29) is 22.1 Å². The number of aromatic hydroxyl groups is 1. The topological polar surface area (TPSA) is 162 Å². The summed E-state index contributed by atoms with van der Waals surface area (Å²) in [5.41, 5.74) is 8.37. The lowest BCUT2D eigenvalue weighted by Gasteiger charge is -2.11. The molecule has 0 aromatic heterocycles. The van der Waals surface area contributed by atoms with Crippen LogP contribution in [0.1, 0.15) is 0 Å². The van der Waals surface area contributed by atoms with Crippen LogP contribution in [-0.2, 0) is 10.1 Å². The second-order valence-electron chi connectivity index (χ2n) is 4.04. The van der Waals surface area contributed by atoms with Gasteiger partial charge in [0.25, 0.3) is 10.1 Å². The van der Waals surface area contributed by atoms with Gasteiger partial charge in [-0.25, -0.2) is 5.52 Å². The second-order valence-corrected chi connectivity index (χ2v) is 5.43. The maximum atomic E-state index is 11.4. The van der Waals surface area contributed by atoms with Crippen LogP contribution in [0.4, 0.5) is 17.1 Å². The molecule has 2 aromatic carbocycles. The Labute approximate surface area is 120 Å². The van der Waals surface area contributed by atoms with E-state index in [1.807, 2.05) is 0 Å². The summed E-state index contributed by atoms with van der Waals surface area (Å²) in [6.07, 6.45) is 0. The molecule has 0 spiro atoms. The van der Waals surface area contributed by atoms with Gasteiger partial charge in [0.05, 0.1) is 11.1 Å². The van der Waals surface area contributed by atoms with E-state index >= 15 is 0 Å². The molecule has 2 rings (SSSR count). The molecule has 0 aliphatic rings. The highest BCUT2D eigenvalue weighted by Gasteiger charge is 2.23. The first-order valence-corrected chi connectivity index (χ1v) is 6.95. The van der Waals surface area contributed by atoms with Gasteiger partial charge in [-0.15, -0.1) is 0 Å². The fraction of sp³-hybridized carbons (Fsp3) is 0.0909. The third kappa shape index (κ3) is 2.41. The standard InChI is InChI=1S/C11H11N5O4S/c1-14-16-10-7(21(18,19)20)4-5-2-3-6(15-13)9(12)8(5)11(10)17/h2-4,13,17H,12H2,1H3,(H,18,19,20)/i/hD. The van der Waals surface area contributed by atoms with Crippen LogP contribution in [0.25, 0.3) is 10.8 Å².